The van der Waals surface area contributed by atoms with Crippen molar-refractivity contribution in [1.29, 1.82) is 0 Å². The molecule has 2 aliphatic heterocycles. The Bertz CT molecular complexity index is 1080. The number of nitrogens with zero attached hydrogens (tertiary/aromatic N) is 3. The fourth-order valence-corrected chi connectivity index (χ4v) is 5.21. The first-order valence-corrected chi connectivity index (χ1v) is 12.4. The van der Waals surface area contributed by atoms with Crippen molar-refractivity contribution in [2.45, 2.75) is 37.9 Å². The van der Waals surface area contributed by atoms with Crippen LogP contribution in [0.15, 0.2) is 48.5 Å². The predicted molar refractivity (Wildman–Crippen MR) is 138 cm³/mol. The highest BCUT2D eigenvalue weighted by atomic mass is 35.5. The zero-order valence-electron chi connectivity index (χ0n) is 20.2. The van der Waals surface area contributed by atoms with Crippen molar-refractivity contribution in [3.63, 3.8) is 0 Å². The van der Waals surface area contributed by atoms with Crippen LogP contribution in [0.5, 0.6) is 0 Å². The van der Waals surface area contributed by atoms with Crippen LogP contribution in [0.2, 0.25) is 5.02 Å². The number of hydrogen-bond acceptors (Lipinski definition) is 4. The summed E-state index contributed by atoms with van der Waals surface area (Å²) in [6, 6.07) is 12.2. The van der Waals surface area contributed by atoms with Crippen LogP contribution in [0, 0.1) is 5.82 Å². The summed E-state index contributed by atoms with van der Waals surface area (Å²) >= 11 is 6.15. The molecular formula is C27H32ClFN4O2. The molecule has 0 radical (unpaired) electrons. The number of piperazine rings is 1. The number of piperidine rings is 1. The average Bonchev–Trinajstić information content (AvgIpc) is 2.79. The fourth-order valence-electron chi connectivity index (χ4n) is 5.04. The standard InChI is InChI=1S/C27H32ClFN4O2/c1-31(2)18-26(34)30-25-14-21(28)10-8-20(25)9-13-27(35)33-23-4-3-5-24(33)17-32(16-23)15-19-6-11-22(29)12-7-19/h6-14,23-24H,3-5,15-18H2,1-2H3,(H,30,34). The van der Waals surface area contributed by atoms with E-state index in [9.17, 15) is 14.0 Å². The number of benzene rings is 2. The first-order valence-electron chi connectivity index (χ1n) is 12.0. The Labute approximate surface area is 211 Å². The number of halogens is 2. The lowest BCUT2D eigenvalue weighted by atomic mass is 9.90. The maximum Gasteiger partial charge on any atom is 0.247 e. The molecule has 35 heavy (non-hydrogen) atoms. The second-order valence-corrected chi connectivity index (χ2v) is 10.1. The van der Waals surface area contributed by atoms with Crippen LogP contribution in [-0.2, 0) is 16.1 Å². The minimum atomic E-state index is -0.228. The maximum atomic E-state index is 13.3. The van der Waals surface area contributed by atoms with Gasteiger partial charge in [-0.15, -0.1) is 0 Å². The van der Waals surface area contributed by atoms with Crippen LogP contribution in [0.3, 0.4) is 0 Å². The Morgan fingerprint density at radius 2 is 1.80 bits per heavy atom. The molecule has 2 bridgehead atoms. The van der Waals surface area contributed by atoms with Crippen LogP contribution in [0.25, 0.3) is 6.08 Å². The molecule has 0 aromatic heterocycles. The van der Waals surface area contributed by atoms with Crippen LogP contribution >= 0.6 is 11.6 Å². The molecule has 2 heterocycles. The third-order valence-electron chi connectivity index (χ3n) is 6.53. The summed E-state index contributed by atoms with van der Waals surface area (Å²) in [5.74, 6) is -0.388. The first-order chi connectivity index (χ1) is 16.8. The Morgan fingerprint density at radius 3 is 2.46 bits per heavy atom. The van der Waals surface area contributed by atoms with E-state index >= 15 is 0 Å². The van der Waals surface area contributed by atoms with Gasteiger partial charge in [-0.3, -0.25) is 14.5 Å². The van der Waals surface area contributed by atoms with Gasteiger partial charge in [-0.1, -0.05) is 29.8 Å². The van der Waals surface area contributed by atoms with Crippen LogP contribution in [-0.4, -0.2) is 72.3 Å². The summed E-state index contributed by atoms with van der Waals surface area (Å²) in [6.07, 6.45) is 6.42. The Kier molecular flexibility index (Phi) is 8.21. The summed E-state index contributed by atoms with van der Waals surface area (Å²) in [7, 11) is 3.65. The average molecular weight is 499 g/mol. The topological polar surface area (TPSA) is 55.9 Å². The van der Waals surface area contributed by atoms with E-state index in [1.165, 1.54) is 12.1 Å². The number of likely N-dealkylation sites (N-methyl/N-ethyl adjacent to an activating group) is 1. The number of anilines is 1. The number of fused-ring (bicyclic) bond motifs is 2. The second kappa shape index (κ2) is 11.3. The molecule has 2 amide bonds. The van der Waals surface area contributed by atoms with Gasteiger partial charge in [-0.25, -0.2) is 4.39 Å². The lowest BCUT2D eigenvalue weighted by Gasteiger charge is -2.50. The normalized spacial score (nSPS) is 20.4. The van der Waals surface area contributed by atoms with E-state index < -0.39 is 0 Å². The Balaban J connectivity index is 1.44. The molecule has 0 spiro atoms. The Morgan fingerprint density at radius 1 is 1.11 bits per heavy atom. The number of nitrogens with one attached hydrogen (secondary N) is 1. The molecule has 0 saturated carbocycles. The first kappa shape index (κ1) is 25.4. The molecule has 2 unspecified atom stereocenters. The molecule has 0 aliphatic carbocycles. The number of carbonyl (C=O) groups is 2. The third-order valence-corrected chi connectivity index (χ3v) is 6.76. The molecule has 6 nitrogen and oxygen atoms in total. The van der Waals surface area contributed by atoms with Gasteiger partial charge in [-0.05, 0) is 74.8 Å². The van der Waals surface area contributed by atoms with Gasteiger partial charge in [0.1, 0.15) is 5.82 Å². The second-order valence-electron chi connectivity index (χ2n) is 9.66. The highest BCUT2D eigenvalue weighted by Crippen LogP contribution is 2.30. The zero-order chi connectivity index (χ0) is 24.9. The van der Waals surface area contributed by atoms with Crippen molar-refractivity contribution < 1.29 is 14.0 Å². The lowest BCUT2D eigenvalue weighted by molar-refractivity contribution is -0.137. The largest absolute Gasteiger partial charge is 0.331 e. The molecule has 8 heteroatoms. The Hall–Kier alpha value is -2.74. The molecule has 1 N–H and O–H groups in total. The summed E-state index contributed by atoms with van der Waals surface area (Å²) in [4.78, 5) is 31.7. The van der Waals surface area contributed by atoms with Crippen molar-refractivity contribution in [3.05, 3.63) is 70.5 Å². The summed E-state index contributed by atoms with van der Waals surface area (Å²) in [5, 5.41) is 3.40. The smallest absolute Gasteiger partial charge is 0.247 e. The highest BCUT2D eigenvalue weighted by Gasteiger charge is 2.39. The lowest BCUT2D eigenvalue weighted by Crippen LogP contribution is -2.61. The van der Waals surface area contributed by atoms with E-state index in [-0.39, 0.29) is 36.3 Å². The van der Waals surface area contributed by atoms with Gasteiger partial charge in [0.15, 0.2) is 0 Å². The number of carbonyl (C=O) groups excluding carboxylic acids is 2. The van der Waals surface area contributed by atoms with E-state index in [0.717, 1.165) is 50.0 Å². The van der Waals surface area contributed by atoms with Crippen molar-refractivity contribution in [1.82, 2.24) is 14.7 Å². The maximum absolute atomic E-state index is 13.3. The molecule has 2 saturated heterocycles. The molecule has 2 aromatic carbocycles. The van der Waals surface area contributed by atoms with Gasteiger partial charge >= 0.3 is 0 Å². The molecular weight excluding hydrogens is 467 g/mol. The molecule has 2 aromatic rings. The van der Waals surface area contributed by atoms with Gasteiger partial charge in [0, 0.05) is 48.5 Å². The number of rotatable bonds is 7. The number of hydrogen-bond donors (Lipinski definition) is 1. The van der Waals surface area contributed by atoms with Crippen LogP contribution < -0.4 is 5.32 Å². The minimum absolute atomic E-state index is 0.0124. The van der Waals surface area contributed by atoms with Gasteiger partial charge in [0.25, 0.3) is 0 Å². The fraction of sp³-hybridized carbons (Fsp3) is 0.407. The summed E-state index contributed by atoms with van der Waals surface area (Å²) < 4.78 is 13.3. The van der Waals surface area contributed by atoms with E-state index in [1.54, 1.807) is 35.3 Å². The molecule has 4 rings (SSSR count). The molecule has 186 valence electrons. The zero-order valence-corrected chi connectivity index (χ0v) is 21.0. The SMILES string of the molecule is CN(C)CC(=O)Nc1cc(Cl)ccc1C=CC(=O)N1C2CCCC1CN(Cc1ccc(F)cc1)C2. The van der Waals surface area contributed by atoms with Crippen molar-refractivity contribution in [2.24, 2.45) is 0 Å². The van der Waals surface area contributed by atoms with E-state index in [2.05, 4.69) is 10.2 Å². The van der Waals surface area contributed by atoms with Crippen molar-refractivity contribution in [2.75, 3.05) is 39.0 Å². The highest BCUT2D eigenvalue weighted by molar-refractivity contribution is 6.31. The molecule has 2 aliphatic rings. The van der Waals surface area contributed by atoms with Gasteiger partial charge < -0.3 is 15.1 Å². The number of likely N-dealkylation sites (tertiary alicyclic amines) is 1. The third kappa shape index (κ3) is 6.69. The van der Waals surface area contributed by atoms with Crippen LogP contribution in [0.1, 0.15) is 30.4 Å². The minimum Gasteiger partial charge on any atom is -0.331 e. The quantitative estimate of drug-likeness (QED) is 0.580. The summed E-state index contributed by atoms with van der Waals surface area (Å²) in [5.41, 5.74) is 2.39. The summed E-state index contributed by atoms with van der Waals surface area (Å²) in [6.45, 7) is 2.62. The monoisotopic (exact) mass is 498 g/mol. The van der Waals surface area contributed by atoms with E-state index in [0.29, 0.717) is 10.7 Å². The molecule has 2 fully saturated rings. The van der Waals surface area contributed by atoms with Gasteiger partial charge in [0.2, 0.25) is 11.8 Å². The predicted octanol–water partition coefficient (Wildman–Crippen LogP) is 4.26. The van der Waals surface area contributed by atoms with Gasteiger partial charge in [-0.2, -0.15) is 0 Å². The van der Waals surface area contributed by atoms with Crippen molar-refractivity contribution in [3.8, 4) is 0 Å². The van der Waals surface area contributed by atoms with E-state index in [4.69, 9.17) is 11.6 Å². The molecule has 2 atom stereocenters. The van der Waals surface area contributed by atoms with Crippen LogP contribution in [0.4, 0.5) is 10.1 Å². The van der Waals surface area contributed by atoms with Gasteiger partial charge in [0.05, 0.1) is 6.54 Å². The van der Waals surface area contributed by atoms with E-state index in [1.807, 2.05) is 31.1 Å². The number of amides is 2. The van der Waals surface area contributed by atoms with Crippen molar-refractivity contribution >= 4 is 35.2 Å².